The largest absolute Gasteiger partial charge is 0.481 e. The van der Waals surface area contributed by atoms with E-state index in [0.717, 1.165) is 16.6 Å². The molecule has 0 atom stereocenters. The quantitative estimate of drug-likeness (QED) is 0.743. The van der Waals surface area contributed by atoms with Crippen LogP contribution in [0.4, 0.5) is 0 Å². The number of para-hydroxylation sites is 1. The summed E-state index contributed by atoms with van der Waals surface area (Å²) in [5, 5.41) is 17.3. The van der Waals surface area contributed by atoms with E-state index in [9.17, 15) is 9.59 Å². The fourth-order valence-corrected chi connectivity index (χ4v) is 2.90. The molecule has 2 N–H and O–H groups in total. The number of benzene rings is 1. The number of rotatable bonds is 5. The van der Waals surface area contributed by atoms with Gasteiger partial charge in [-0.15, -0.1) is 0 Å². The standard InChI is InChI=1S/C18H19N3O4/c1-18(2,16-11-6-4-5-7-13(11)21(3)20-16)19-17(24)12-8-9-25-14(12)10-15(22)23/h4-9H,10H2,1-3H3,(H,19,24)(H,22,23). The van der Waals surface area contributed by atoms with E-state index in [4.69, 9.17) is 9.52 Å². The van der Waals surface area contributed by atoms with E-state index in [-0.39, 0.29) is 17.7 Å². The Bertz CT molecular complexity index is 952. The molecule has 0 aliphatic carbocycles. The van der Waals surface area contributed by atoms with E-state index in [1.165, 1.54) is 12.3 Å². The molecule has 0 fully saturated rings. The first-order chi connectivity index (χ1) is 11.8. The van der Waals surface area contributed by atoms with Gasteiger partial charge in [-0.25, -0.2) is 0 Å². The van der Waals surface area contributed by atoms with Gasteiger partial charge in [-0.1, -0.05) is 18.2 Å². The third-order valence-corrected chi connectivity index (χ3v) is 4.08. The monoisotopic (exact) mass is 341 g/mol. The molecule has 3 aromatic rings. The number of carboxylic acid groups (broad SMARTS) is 1. The highest BCUT2D eigenvalue weighted by molar-refractivity contribution is 5.97. The van der Waals surface area contributed by atoms with Crippen molar-refractivity contribution in [2.24, 2.45) is 7.05 Å². The minimum Gasteiger partial charge on any atom is -0.481 e. The first-order valence-electron chi connectivity index (χ1n) is 7.82. The van der Waals surface area contributed by atoms with Gasteiger partial charge in [0.2, 0.25) is 0 Å². The summed E-state index contributed by atoms with van der Waals surface area (Å²) in [6.07, 6.45) is 0.971. The molecule has 0 bridgehead atoms. The minimum atomic E-state index is -1.06. The van der Waals surface area contributed by atoms with Crippen molar-refractivity contribution in [3.05, 3.63) is 53.6 Å². The molecule has 25 heavy (non-hydrogen) atoms. The number of aromatic nitrogens is 2. The van der Waals surface area contributed by atoms with Crippen molar-refractivity contribution in [1.29, 1.82) is 0 Å². The summed E-state index contributed by atoms with van der Waals surface area (Å²) >= 11 is 0. The van der Waals surface area contributed by atoms with Gasteiger partial charge >= 0.3 is 5.97 Å². The molecule has 0 saturated heterocycles. The zero-order chi connectivity index (χ0) is 18.2. The van der Waals surface area contributed by atoms with Crippen molar-refractivity contribution in [3.8, 4) is 0 Å². The Balaban J connectivity index is 1.92. The van der Waals surface area contributed by atoms with Gasteiger partial charge in [0, 0.05) is 12.4 Å². The summed E-state index contributed by atoms with van der Waals surface area (Å²) in [7, 11) is 1.85. The average Bonchev–Trinajstić information content (AvgIpc) is 3.12. The third-order valence-electron chi connectivity index (χ3n) is 4.08. The summed E-state index contributed by atoms with van der Waals surface area (Å²) in [6.45, 7) is 3.72. The van der Waals surface area contributed by atoms with Crippen LogP contribution in [0.3, 0.4) is 0 Å². The molecule has 3 rings (SSSR count). The topological polar surface area (TPSA) is 97.4 Å². The van der Waals surface area contributed by atoms with Crippen molar-refractivity contribution in [3.63, 3.8) is 0 Å². The van der Waals surface area contributed by atoms with Gasteiger partial charge in [0.1, 0.15) is 12.2 Å². The number of carbonyl (C=O) groups excluding carboxylic acids is 1. The SMILES string of the molecule is Cn1nc(C(C)(C)NC(=O)c2ccoc2CC(=O)O)c2ccccc21. The fourth-order valence-electron chi connectivity index (χ4n) is 2.90. The van der Waals surface area contributed by atoms with Crippen molar-refractivity contribution in [1.82, 2.24) is 15.1 Å². The number of furan rings is 1. The van der Waals surface area contributed by atoms with Crippen LogP contribution in [0.5, 0.6) is 0 Å². The molecule has 2 aromatic heterocycles. The predicted molar refractivity (Wildman–Crippen MR) is 91.3 cm³/mol. The number of amides is 1. The highest BCUT2D eigenvalue weighted by Crippen LogP contribution is 2.28. The second-order valence-corrected chi connectivity index (χ2v) is 6.40. The van der Waals surface area contributed by atoms with E-state index in [0.29, 0.717) is 0 Å². The first kappa shape index (κ1) is 16.8. The van der Waals surface area contributed by atoms with E-state index in [2.05, 4.69) is 10.4 Å². The minimum absolute atomic E-state index is 0.131. The van der Waals surface area contributed by atoms with Gasteiger partial charge < -0.3 is 14.8 Å². The van der Waals surface area contributed by atoms with Crippen LogP contribution in [-0.4, -0.2) is 26.8 Å². The smallest absolute Gasteiger partial charge is 0.311 e. The van der Waals surface area contributed by atoms with E-state index in [1.807, 2.05) is 45.2 Å². The molecular formula is C18H19N3O4. The van der Waals surface area contributed by atoms with Gasteiger partial charge in [0.25, 0.3) is 5.91 Å². The number of nitrogens with zero attached hydrogens (tertiary/aromatic N) is 2. The van der Waals surface area contributed by atoms with Crippen molar-refractivity contribution in [2.45, 2.75) is 25.8 Å². The van der Waals surface area contributed by atoms with Crippen LogP contribution in [0.2, 0.25) is 0 Å². The van der Waals surface area contributed by atoms with Crippen LogP contribution in [0.1, 0.15) is 35.7 Å². The molecule has 0 aliphatic rings. The number of aryl methyl sites for hydroxylation is 1. The first-order valence-corrected chi connectivity index (χ1v) is 7.82. The highest BCUT2D eigenvalue weighted by Gasteiger charge is 2.30. The Morgan fingerprint density at radius 3 is 2.72 bits per heavy atom. The van der Waals surface area contributed by atoms with E-state index in [1.54, 1.807) is 4.68 Å². The molecule has 0 unspecified atom stereocenters. The van der Waals surface area contributed by atoms with Crippen LogP contribution in [-0.2, 0) is 23.8 Å². The number of hydrogen-bond donors (Lipinski definition) is 2. The zero-order valence-electron chi connectivity index (χ0n) is 14.2. The van der Waals surface area contributed by atoms with Gasteiger partial charge in [-0.2, -0.15) is 5.10 Å². The summed E-state index contributed by atoms with van der Waals surface area (Å²) in [4.78, 5) is 23.5. The maximum absolute atomic E-state index is 12.6. The lowest BCUT2D eigenvalue weighted by atomic mass is 9.96. The summed E-state index contributed by atoms with van der Waals surface area (Å²) in [5.74, 6) is -1.32. The Morgan fingerprint density at radius 2 is 2.00 bits per heavy atom. The third kappa shape index (κ3) is 3.13. The van der Waals surface area contributed by atoms with Crippen LogP contribution < -0.4 is 5.32 Å². The van der Waals surface area contributed by atoms with Crippen molar-refractivity contribution in [2.75, 3.05) is 0 Å². The lowest BCUT2D eigenvalue weighted by Crippen LogP contribution is -2.41. The molecular weight excluding hydrogens is 322 g/mol. The number of hydrogen-bond acceptors (Lipinski definition) is 4. The molecule has 0 aliphatic heterocycles. The van der Waals surface area contributed by atoms with Crippen LogP contribution in [0, 0.1) is 0 Å². The Labute approximate surface area is 144 Å². The van der Waals surface area contributed by atoms with Gasteiger partial charge in [-0.3, -0.25) is 14.3 Å². The average molecular weight is 341 g/mol. The molecule has 1 aromatic carbocycles. The molecule has 130 valence electrons. The Kier molecular flexibility index (Phi) is 4.08. The molecule has 0 radical (unpaired) electrons. The maximum atomic E-state index is 12.6. The van der Waals surface area contributed by atoms with Gasteiger partial charge in [0.15, 0.2) is 0 Å². The molecule has 7 nitrogen and oxygen atoms in total. The normalized spacial score (nSPS) is 11.6. The maximum Gasteiger partial charge on any atom is 0.311 e. The van der Waals surface area contributed by atoms with Gasteiger partial charge in [-0.05, 0) is 26.0 Å². The second-order valence-electron chi connectivity index (χ2n) is 6.40. The molecule has 0 saturated carbocycles. The van der Waals surface area contributed by atoms with Crippen LogP contribution in [0.25, 0.3) is 10.9 Å². The summed E-state index contributed by atoms with van der Waals surface area (Å²) < 4.78 is 6.90. The summed E-state index contributed by atoms with van der Waals surface area (Å²) in [6, 6.07) is 9.25. The number of nitrogens with one attached hydrogen (secondary N) is 1. The number of fused-ring (bicyclic) bond motifs is 1. The van der Waals surface area contributed by atoms with Crippen molar-refractivity contribution < 1.29 is 19.1 Å². The molecule has 7 heteroatoms. The fraction of sp³-hybridized carbons (Fsp3) is 0.278. The molecule has 1 amide bonds. The Hall–Kier alpha value is -3.09. The number of carbonyl (C=O) groups is 2. The number of carboxylic acids is 1. The summed E-state index contributed by atoms with van der Waals surface area (Å²) in [5.41, 5.74) is 1.17. The second kappa shape index (κ2) is 6.08. The lowest BCUT2D eigenvalue weighted by Gasteiger charge is -2.24. The Morgan fingerprint density at radius 1 is 1.28 bits per heavy atom. The predicted octanol–water partition coefficient (Wildman–Crippen LogP) is 2.46. The number of aliphatic carboxylic acids is 1. The van der Waals surface area contributed by atoms with Crippen LogP contribution >= 0.6 is 0 Å². The highest BCUT2D eigenvalue weighted by atomic mass is 16.4. The van der Waals surface area contributed by atoms with E-state index < -0.39 is 17.4 Å². The van der Waals surface area contributed by atoms with E-state index >= 15 is 0 Å². The van der Waals surface area contributed by atoms with Crippen LogP contribution in [0.15, 0.2) is 41.0 Å². The molecule has 2 heterocycles. The van der Waals surface area contributed by atoms with Crippen molar-refractivity contribution >= 4 is 22.8 Å². The lowest BCUT2D eigenvalue weighted by molar-refractivity contribution is -0.136. The molecule has 0 spiro atoms. The zero-order valence-corrected chi connectivity index (χ0v) is 14.2. The van der Waals surface area contributed by atoms with Gasteiger partial charge in [0.05, 0.1) is 28.6 Å².